The summed E-state index contributed by atoms with van der Waals surface area (Å²) < 4.78 is 0. The van der Waals surface area contributed by atoms with Gasteiger partial charge < -0.3 is 22.3 Å². The Morgan fingerprint density at radius 2 is 1.53 bits per heavy atom. The number of nitrogens with one attached hydrogen (secondary N) is 2. The second-order valence-electron chi connectivity index (χ2n) is 4.41. The summed E-state index contributed by atoms with van der Waals surface area (Å²) >= 11 is 9.92. The van der Waals surface area contributed by atoms with Crippen LogP contribution in [0.15, 0.2) is 0 Å². The van der Waals surface area contributed by atoms with Crippen molar-refractivity contribution in [2.24, 2.45) is 29.2 Å². The van der Waals surface area contributed by atoms with Crippen LogP contribution in [0.5, 0.6) is 0 Å². The summed E-state index contributed by atoms with van der Waals surface area (Å²) in [5, 5.41) is 15.3. The monoisotopic (exact) mass is 272 g/mol. The van der Waals surface area contributed by atoms with Crippen LogP contribution in [0.25, 0.3) is 0 Å². The second-order valence-corrected chi connectivity index (χ2v) is 5.36. The van der Waals surface area contributed by atoms with E-state index in [0.717, 1.165) is 0 Å². The Balaban J connectivity index is 4.86. The van der Waals surface area contributed by atoms with Crippen molar-refractivity contribution in [3.63, 3.8) is 0 Å². The van der Waals surface area contributed by atoms with Gasteiger partial charge in [-0.1, -0.05) is 31.4 Å². The molecule has 6 N–H and O–H groups in total. The van der Waals surface area contributed by atoms with Gasteiger partial charge in [0.1, 0.15) is 0 Å². The quantitative estimate of drug-likeness (QED) is 0.420. The maximum Gasteiger partial charge on any atom is 0.0818 e. The third kappa shape index (κ3) is 4.87. The third-order valence-electron chi connectivity index (χ3n) is 2.82. The molecule has 0 aromatic heterocycles. The predicted molar refractivity (Wildman–Crippen MR) is 81.1 cm³/mol. The first kappa shape index (κ1) is 16.1. The van der Waals surface area contributed by atoms with Crippen LogP contribution >= 0.6 is 24.4 Å². The van der Waals surface area contributed by atoms with Crippen molar-refractivity contribution < 1.29 is 0 Å². The van der Waals surface area contributed by atoms with E-state index in [4.69, 9.17) is 46.7 Å². The molecular formula is C11H20N4S2. The van der Waals surface area contributed by atoms with Gasteiger partial charge in [0, 0.05) is 23.3 Å². The topological polar surface area (TPSA) is 99.7 Å². The normalized spacial score (nSPS) is 15.7. The van der Waals surface area contributed by atoms with Gasteiger partial charge in [0.05, 0.1) is 9.98 Å². The molecule has 3 unspecified atom stereocenters. The van der Waals surface area contributed by atoms with E-state index < -0.39 is 0 Å². The fraction of sp³-hybridized carbons (Fsp3) is 0.636. The van der Waals surface area contributed by atoms with Crippen molar-refractivity contribution in [2.45, 2.75) is 27.2 Å². The van der Waals surface area contributed by atoms with Gasteiger partial charge in [0.2, 0.25) is 0 Å². The van der Waals surface area contributed by atoms with E-state index in [1.807, 2.05) is 6.92 Å². The molecule has 0 aliphatic rings. The van der Waals surface area contributed by atoms with Crippen molar-refractivity contribution in [3.8, 4) is 0 Å². The van der Waals surface area contributed by atoms with Crippen LogP contribution in [-0.4, -0.2) is 21.4 Å². The molecule has 0 radical (unpaired) electrons. The Bertz CT molecular complexity index is 323. The molecule has 0 saturated carbocycles. The lowest BCUT2D eigenvalue weighted by molar-refractivity contribution is 0.480. The van der Waals surface area contributed by atoms with Gasteiger partial charge in [-0.3, -0.25) is 0 Å². The lowest BCUT2D eigenvalue weighted by atomic mass is 9.82. The van der Waals surface area contributed by atoms with E-state index in [2.05, 4.69) is 0 Å². The van der Waals surface area contributed by atoms with Crippen LogP contribution in [0.1, 0.15) is 27.2 Å². The molecule has 4 nitrogen and oxygen atoms in total. The molecule has 96 valence electrons. The van der Waals surface area contributed by atoms with E-state index in [9.17, 15) is 0 Å². The molecule has 0 aliphatic carbocycles. The summed E-state index contributed by atoms with van der Waals surface area (Å²) in [4.78, 5) is 0.628. The van der Waals surface area contributed by atoms with Gasteiger partial charge in [-0.2, -0.15) is 0 Å². The minimum atomic E-state index is -0.249. The molecule has 0 bridgehead atoms. The molecular weight excluding hydrogens is 252 g/mol. The number of nitrogens with two attached hydrogens (primary N) is 2. The maximum absolute atomic E-state index is 7.69. The van der Waals surface area contributed by atoms with Crippen LogP contribution in [0.2, 0.25) is 0 Å². The van der Waals surface area contributed by atoms with Crippen molar-refractivity contribution in [1.29, 1.82) is 10.8 Å². The highest BCUT2D eigenvalue weighted by molar-refractivity contribution is 7.80. The summed E-state index contributed by atoms with van der Waals surface area (Å²) in [6.07, 6.45) is 0.600. The minimum Gasteiger partial charge on any atom is -0.393 e. The Morgan fingerprint density at radius 1 is 1.06 bits per heavy atom. The highest BCUT2D eigenvalue weighted by Crippen LogP contribution is 2.23. The van der Waals surface area contributed by atoms with Crippen LogP contribution < -0.4 is 11.5 Å². The Hall–Kier alpha value is -0.880. The smallest absolute Gasteiger partial charge is 0.0818 e. The first-order chi connectivity index (χ1) is 7.68. The van der Waals surface area contributed by atoms with Crippen LogP contribution in [0.4, 0.5) is 0 Å². The van der Waals surface area contributed by atoms with Crippen molar-refractivity contribution in [1.82, 2.24) is 0 Å². The molecule has 0 aromatic carbocycles. The van der Waals surface area contributed by atoms with Crippen molar-refractivity contribution in [3.05, 3.63) is 0 Å². The molecule has 0 spiro atoms. The Labute approximate surface area is 113 Å². The number of hydrogen-bond donors (Lipinski definition) is 4. The molecule has 0 saturated heterocycles. The third-order valence-corrected chi connectivity index (χ3v) is 3.35. The summed E-state index contributed by atoms with van der Waals surface area (Å²) in [5.74, 6) is -0.436. The van der Waals surface area contributed by atoms with Crippen LogP contribution in [-0.2, 0) is 0 Å². The molecule has 0 fully saturated rings. The lowest BCUT2D eigenvalue weighted by Gasteiger charge is -2.25. The number of rotatable bonds is 7. The van der Waals surface area contributed by atoms with Gasteiger partial charge in [-0.15, -0.1) is 0 Å². The summed E-state index contributed by atoms with van der Waals surface area (Å²) in [6.45, 7) is 5.33. The maximum atomic E-state index is 7.69. The first-order valence-electron chi connectivity index (χ1n) is 5.37. The van der Waals surface area contributed by atoms with Gasteiger partial charge in [0.25, 0.3) is 0 Å². The van der Waals surface area contributed by atoms with Crippen molar-refractivity contribution in [2.75, 3.05) is 0 Å². The van der Waals surface area contributed by atoms with E-state index in [1.54, 1.807) is 13.8 Å². The first-order valence-corrected chi connectivity index (χ1v) is 6.18. The van der Waals surface area contributed by atoms with E-state index in [0.29, 0.717) is 27.8 Å². The van der Waals surface area contributed by atoms with E-state index >= 15 is 0 Å². The van der Waals surface area contributed by atoms with Crippen LogP contribution in [0.3, 0.4) is 0 Å². The molecule has 0 rings (SSSR count). The minimum absolute atomic E-state index is 0.0526. The average molecular weight is 272 g/mol. The highest BCUT2D eigenvalue weighted by atomic mass is 32.1. The highest BCUT2D eigenvalue weighted by Gasteiger charge is 2.27. The molecule has 17 heavy (non-hydrogen) atoms. The SMILES string of the molecule is CC(=N)C(CC(C)C(C(C)=N)C(N)=S)C(N)=S. The predicted octanol–water partition coefficient (Wildman–Crippen LogP) is 1.90. The molecule has 6 heteroatoms. The molecule has 0 heterocycles. The van der Waals surface area contributed by atoms with Gasteiger partial charge >= 0.3 is 0 Å². The Morgan fingerprint density at radius 3 is 1.76 bits per heavy atom. The van der Waals surface area contributed by atoms with Gasteiger partial charge in [-0.25, -0.2) is 0 Å². The number of hydrogen-bond acceptors (Lipinski definition) is 4. The zero-order chi connectivity index (χ0) is 13.7. The zero-order valence-corrected chi connectivity index (χ0v) is 12.0. The molecule has 3 atom stereocenters. The zero-order valence-electron chi connectivity index (χ0n) is 10.4. The fourth-order valence-corrected chi connectivity index (χ4v) is 2.62. The lowest BCUT2D eigenvalue weighted by Crippen LogP contribution is -2.36. The molecule has 0 amide bonds. The Kier molecular flexibility index (Phi) is 6.41. The molecule has 0 aliphatic heterocycles. The largest absolute Gasteiger partial charge is 0.393 e. The van der Waals surface area contributed by atoms with Crippen LogP contribution in [0, 0.1) is 28.6 Å². The fourth-order valence-electron chi connectivity index (χ4n) is 1.93. The second kappa shape index (κ2) is 6.76. The van der Waals surface area contributed by atoms with Gasteiger partial charge in [-0.05, 0) is 26.2 Å². The summed E-state index contributed by atoms with van der Waals surface area (Å²) in [5.41, 5.74) is 12.1. The van der Waals surface area contributed by atoms with E-state index in [-0.39, 0.29) is 17.8 Å². The summed E-state index contributed by atoms with van der Waals surface area (Å²) in [6, 6.07) is 0. The van der Waals surface area contributed by atoms with Crippen molar-refractivity contribution >= 4 is 45.8 Å². The van der Waals surface area contributed by atoms with E-state index in [1.165, 1.54) is 0 Å². The van der Waals surface area contributed by atoms with Gasteiger partial charge in [0.15, 0.2) is 0 Å². The average Bonchev–Trinajstić information content (AvgIpc) is 2.11. The number of thiocarbonyl (C=S) groups is 2. The molecule has 0 aromatic rings. The standard InChI is InChI=1S/C11H20N4S2/c1-5(9(7(3)13)11(15)17)4-8(6(2)12)10(14)16/h5,8-9,12-13H,4H2,1-3H3,(H2,14,16)(H2,15,17). The summed E-state index contributed by atoms with van der Waals surface area (Å²) in [7, 11) is 0.